The molecule has 1 unspecified atom stereocenters. The number of carbonyl (C=O) groups excluding carboxylic acids is 1. The Hall–Kier alpha value is -0.973. The summed E-state index contributed by atoms with van der Waals surface area (Å²) in [7, 11) is -2.09. The number of aliphatic hydroxyl groups is 1. The van der Waals surface area contributed by atoms with Gasteiger partial charge in [-0.25, -0.2) is 0 Å². The first-order valence-corrected chi connectivity index (χ1v) is 9.90. The topological polar surface area (TPSA) is 46.5 Å². The molecule has 1 aromatic rings. The molecule has 0 aromatic heterocycles. The van der Waals surface area contributed by atoms with Crippen LogP contribution in [0.1, 0.15) is 26.3 Å². The summed E-state index contributed by atoms with van der Waals surface area (Å²) < 4.78 is 5.84. The fourth-order valence-corrected chi connectivity index (χ4v) is 2.95. The summed E-state index contributed by atoms with van der Waals surface area (Å²) in [5.41, 5.74) is -0.179. The van der Waals surface area contributed by atoms with Crippen LogP contribution in [-0.2, 0) is 15.0 Å². The van der Waals surface area contributed by atoms with Crippen molar-refractivity contribution in [2.24, 2.45) is 5.41 Å². The summed E-state index contributed by atoms with van der Waals surface area (Å²) in [5, 5.41) is 10.9. The first-order valence-electron chi connectivity index (χ1n) is 6.50. The van der Waals surface area contributed by atoms with Gasteiger partial charge in [0.15, 0.2) is 8.32 Å². The molecule has 0 spiro atoms. The Balaban J connectivity index is 3.30. The largest absolute Gasteiger partial charge is 0.382 e. The molecule has 1 rings (SSSR count). The quantitative estimate of drug-likeness (QED) is 0.680. The van der Waals surface area contributed by atoms with E-state index < -0.39 is 19.5 Å². The van der Waals surface area contributed by atoms with Crippen molar-refractivity contribution in [3.63, 3.8) is 0 Å². The smallest absolute Gasteiger partial charge is 0.245 e. The maximum Gasteiger partial charge on any atom is 0.245 e. The maximum absolute atomic E-state index is 12.6. The van der Waals surface area contributed by atoms with Gasteiger partial charge in [0.2, 0.25) is 11.6 Å². The third kappa shape index (κ3) is 3.99. The minimum Gasteiger partial charge on any atom is -0.382 e. The van der Waals surface area contributed by atoms with Crippen LogP contribution in [0.25, 0.3) is 0 Å². The van der Waals surface area contributed by atoms with Gasteiger partial charge in [0, 0.05) is 11.0 Å². The van der Waals surface area contributed by atoms with Crippen molar-refractivity contribution in [1.82, 2.24) is 0 Å². The Labute approximate surface area is 116 Å². The lowest BCUT2D eigenvalue weighted by Gasteiger charge is -2.37. The molecule has 19 heavy (non-hydrogen) atoms. The molecule has 0 fully saturated rings. The highest BCUT2D eigenvalue weighted by atomic mass is 28.4. The third-order valence-corrected chi connectivity index (χ3v) is 3.52. The van der Waals surface area contributed by atoms with Crippen molar-refractivity contribution in [1.29, 1.82) is 0 Å². The van der Waals surface area contributed by atoms with Gasteiger partial charge in [-0.05, 0) is 19.6 Å². The minimum absolute atomic E-state index is 0.311. The summed E-state index contributed by atoms with van der Waals surface area (Å²) >= 11 is 0. The van der Waals surface area contributed by atoms with Crippen LogP contribution in [0.2, 0.25) is 19.6 Å². The summed E-state index contributed by atoms with van der Waals surface area (Å²) in [4.78, 5) is 12.6. The van der Waals surface area contributed by atoms with E-state index in [0.717, 1.165) is 0 Å². The zero-order chi connectivity index (χ0) is 14.9. The van der Waals surface area contributed by atoms with Gasteiger partial charge in [-0.3, -0.25) is 4.79 Å². The number of Topliss-reactive ketones (excluding diaryl/α,β-unsaturated/α-hetero) is 1. The second-order valence-electron chi connectivity index (χ2n) is 6.80. The van der Waals surface area contributed by atoms with Gasteiger partial charge in [-0.1, -0.05) is 51.1 Å². The predicted molar refractivity (Wildman–Crippen MR) is 79.2 cm³/mol. The monoisotopic (exact) mass is 280 g/mol. The molecule has 1 atom stereocenters. The molecule has 0 saturated carbocycles. The summed E-state index contributed by atoms with van der Waals surface area (Å²) in [6, 6.07) is 8.89. The van der Waals surface area contributed by atoms with Crippen molar-refractivity contribution in [2.75, 3.05) is 0 Å². The van der Waals surface area contributed by atoms with Crippen LogP contribution in [0.15, 0.2) is 30.3 Å². The Morgan fingerprint density at radius 1 is 1.11 bits per heavy atom. The molecule has 4 heteroatoms. The fraction of sp³-hybridized carbons (Fsp3) is 0.533. The predicted octanol–water partition coefficient (Wildman–Crippen LogP) is 3.30. The number of rotatable bonds is 4. The van der Waals surface area contributed by atoms with Gasteiger partial charge in [-0.15, -0.1) is 0 Å². The molecular weight excluding hydrogens is 256 g/mol. The summed E-state index contributed by atoms with van der Waals surface area (Å²) in [5.74, 6) is -2.17. The molecule has 3 nitrogen and oxygen atoms in total. The number of carbonyl (C=O) groups is 1. The SMILES string of the molecule is CC(C)(C)C(=O)C(O)(O[Si](C)(C)C)c1ccccc1. The van der Waals surface area contributed by atoms with E-state index in [-0.39, 0.29) is 5.78 Å². The molecule has 0 aliphatic heterocycles. The number of hydrogen-bond donors (Lipinski definition) is 1. The molecule has 1 aromatic carbocycles. The van der Waals surface area contributed by atoms with E-state index in [9.17, 15) is 9.90 Å². The zero-order valence-corrected chi connectivity index (χ0v) is 13.7. The zero-order valence-electron chi connectivity index (χ0n) is 12.7. The normalized spacial score (nSPS) is 15.9. The lowest BCUT2D eigenvalue weighted by atomic mass is 9.83. The van der Waals surface area contributed by atoms with Crippen LogP contribution < -0.4 is 0 Å². The minimum atomic E-state index is -2.09. The number of hydrogen-bond acceptors (Lipinski definition) is 3. The first-order chi connectivity index (χ1) is 8.47. The molecular formula is C15H24O3Si. The van der Waals surface area contributed by atoms with Crippen LogP contribution in [-0.4, -0.2) is 19.2 Å². The third-order valence-electron chi connectivity index (χ3n) is 2.61. The molecule has 0 radical (unpaired) electrons. The molecule has 0 amide bonds. The Morgan fingerprint density at radius 3 is 1.95 bits per heavy atom. The molecule has 1 N–H and O–H groups in total. The van der Waals surface area contributed by atoms with Crippen molar-refractivity contribution in [3.05, 3.63) is 35.9 Å². The summed E-state index contributed by atoms with van der Waals surface area (Å²) in [6.45, 7) is 11.2. The van der Waals surface area contributed by atoms with E-state index in [1.54, 1.807) is 45.0 Å². The van der Waals surface area contributed by atoms with Crippen molar-refractivity contribution >= 4 is 14.1 Å². The van der Waals surface area contributed by atoms with Crippen LogP contribution in [0.3, 0.4) is 0 Å². The van der Waals surface area contributed by atoms with Crippen LogP contribution in [0.5, 0.6) is 0 Å². The second-order valence-corrected chi connectivity index (χ2v) is 11.2. The molecule has 0 heterocycles. The molecule has 0 bridgehead atoms. The second kappa shape index (κ2) is 5.19. The fourth-order valence-electron chi connectivity index (χ4n) is 1.85. The van der Waals surface area contributed by atoms with Crippen LogP contribution >= 0.6 is 0 Å². The van der Waals surface area contributed by atoms with E-state index >= 15 is 0 Å². The Morgan fingerprint density at radius 2 is 1.58 bits per heavy atom. The molecule has 106 valence electrons. The molecule has 0 aliphatic rings. The highest BCUT2D eigenvalue weighted by Gasteiger charge is 2.47. The highest BCUT2D eigenvalue weighted by Crippen LogP contribution is 2.34. The van der Waals surface area contributed by atoms with Gasteiger partial charge >= 0.3 is 0 Å². The lowest BCUT2D eigenvalue weighted by molar-refractivity contribution is -0.187. The van der Waals surface area contributed by atoms with E-state index in [2.05, 4.69) is 0 Å². The van der Waals surface area contributed by atoms with Gasteiger partial charge in [0.05, 0.1) is 0 Å². The van der Waals surface area contributed by atoms with E-state index in [1.807, 2.05) is 25.7 Å². The Kier molecular flexibility index (Phi) is 4.39. The van der Waals surface area contributed by atoms with Crippen LogP contribution in [0, 0.1) is 5.41 Å². The van der Waals surface area contributed by atoms with Gasteiger partial charge < -0.3 is 9.53 Å². The Bertz CT molecular complexity index is 443. The van der Waals surface area contributed by atoms with Crippen molar-refractivity contribution in [3.8, 4) is 0 Å². The number of ketones is 1. The highest BCUT2D eigenvalue weighted by molar-refractivity contribution is 6.70. The van der Waals surface area contributed by atoms with E-state index in [4.69, 9.17) is 4.43 Å². The van der Waals surface area contributed by atoms with Crippen molar-refractivity contribution < 1.29 is 14.3 Å². The average Bonchev–Trinajstić information content (AvgIpc) is 2.25. The standard InChI is InChI=1S/C15H24O3Si/c1-14(2,3)13(16)15(17,18-19(4,5)6)12-10-8-7-9-11-12/h7-11,17H,1-6H3. The maximum atomic E-state index is 12.6. The van der Waals surface area contributed by atoms with Gasteiger partial charge in [0.25, 0.3) is 0 Å². The molecule has 0 saturated heterocycles. The van der Waals surface area contributed by atoms with E-state index in [1.165, 1.54) is 0 Å². The summed E-state index contributed by atoms with van der Waals surface area (Å²) in [6.07, 6.45) is 0. The average molecular weight is 280 g/mol. The lowest BCUT2D eigenvalue weighted by Crippen LogP contribution is -2.50. The van der Waals surface area contributed by atoms with Gasteiger partial charge in [-0.2, -0.15) is 0 Å². The number of benzene rings is 1. The van der Waals surface area contributed by atoms with Gasteiger partial charge in [0.1, 0.15) is 0 Å². The molecule has 0 aliphatic carbocycles. The first kappa shape index (κ1) is 16.1. The van der Waals surface area contributed by atoms with Crippen molar-refractivity contribution in [2.45, 2.75) is 46.2 Å². The van der Waals surface area contributed by atoms with E-state index in [0.29, 0.717) is 5.56 Å². The van der Waals surface area contributed by atoms with Crippen LogP contribution in [0.4, 0.5) is 0 Å².